The first-order valence-corrected chi connectivity index (χ1v) is 15.8. The second kappa shape index (κ2) is 16.0. The molecule has 1 N–H and O–H groups in total. The van der Waals surface area contributed by atoms with E-state index in [0.717, 1.165) is 31.2 Å². The molecule has 0 saturated heterocycles. The number of hydrogen-bond donors (Lipinski definition) is 1. The zero-order valence-electron chi connectivity index (χ0n) is 24.1. The van der Waals surface area contributed by atoms with Crippen LogP contribution in [-0.4, -0.2) is 59.9 Å². The van der Waals surface area contributed by atoms with Crippen LogP contribution in [0.1, 0.15) is 72.8 Å². The third-order valence-electron chi connectivity index (χ3n) is 6.24. The van der Waals surface area contributed by atoms with Gasteiger partial charge in [-0.3, -0.25) is 0 Å². The van der Waals surface area contributed by atoms with Gasteiger partial charge in [0.1, 0.15) is 36.5 Å². The van der Waals surface area contributed by atoms with E-state index in [9.17, 15) is 17.2 Å². The van der Waals surface area contributed by atoms with Crippen molar-refractivity contribution in [3.8, 4) is 0 Å². The normalized spacial score (nSPS) is 22.6. The molecule has 0 aromatic heterocycles. The predicted molar refractivity (Wildman–Crippen MR) is 157 cm³/mol. The van der Waals surface area contributed by atoms with Crippen molar-refractivity contribution in [2.45, 2.75) is 108 Å². The summed E-state index contributed by atoms with van der Waals surface area (Å²) in [5, 5.41) is 0. The molecule has 0 unspecified atom stereocenters. The molecule has 0 amide bonds. The van der Waals surface area contributed by atoms with Crippen LogP contribution >= 0.6 is 0 Å². The molecule has 0 aliphatic carbocycles. The summed E-state index contributed by atoms with van der Waals surface area (Å²) in [5.74, 6) is 0. The fourth-order valence-corrected chi connectivity index (χ4v) is 6.23. The van der Waals surface area contributed by atoms with Gasteiger partial charge in [0.15, 0.2) is 0 Å². The van der Waals surface area contributed by atoms with Crippen LogP contribution in [0.25, 0.3) is 0 Å². The van der Waals surface area contributed by atoms with Crippen molar-refractivity contribution in [1.29, 1.82) is 0 Å². The molecule has 0 saturated carbocycles. The highest BCUT2D eigenvalue weighted by molar-refractivity contribution is 7.84. The molecule has 0 fully saturated rings. The van der Waals surface area contributed by atoms with E-state index in [1.165, 1.54) is 0 Å². The third kappa shape index (κ3) is 11.1. The molecule has 2 aliphatic heterocycles. The average molecular weight is 589 g/mol. The monoisotopic (exact) mass is 588 g/mol. The van der Waals surface area contributed by atoms with Crippen molar-refractivity contribution in [2.75, 3.05) is 13.3 Å². The number of rotatable bonds is 10. The maximum Gasteiger partial charge on any atom is 0.117 e. The molecule has 6 atom stereocenters. The quantitative estimate of drug-likeness (QED) is 0.361. The highest BCUT2D eigenvalue weighted by atomic mass is 32.2. The van der Waals surface area contributed by atoms with Gasteiger partial charge in [0.05, 0.1) is 45.1 Å². The average Bonchev–Trinajstić information content (AvgIpc) is 2.92. The summed E-state index contributed by atoms with van der Waals surface area (Å²) in [6.07, 6.45) is 9.85. The molecule has 0 radical (unpaired) electrons. The number of nitrogens with zero attached hydrogens (tertiary/aromatic N) is 1. The van der Waals surface area contributed by atoms with E-state index in [-0.39, 0.29) is 12.2 Å². The zero-order chi connectivity index (χ0) is 29.1. The van der Waals surface area contributed by atoms with Gasteiger partial charge in [-0.05, 0) is 84.9 Å². The van der Waals surface area contributed by atoms with Gasteiger partial charge in [-0.1, -0.05) is 30.3 Å². The third-order valence-corrected chi connectivity index (χ3v) is 9.74. The largest absolute Gasteiger partial charge is 0.497 e. The molecule has 2 aliphatic rings. The SMILES string of the molecule is CC(C)(C)[S@@](=O)N(Cc1ccccc1)[C@H](CF)[C@@H]1CCC=CO1.CC(C)(C)[S@@](=O)N[C@H](CF)[C@@H]1CCC=CO1. The van der Waals surface area contributed by atoms with E-state index < -0.39 is 56.9 Å². The molecule has 1 aromatic rings. The minimum absolute atomic E-state index is 0.221. The Morgan fingerprint density at radius 2 is 1.46 bits per heavy atom. The van der Waals surface area contributed by atoms with E-state index in [2.05, 4.69) is 4.72 Å². The predicted octanol–water partition coefficient (Wildman–Crippen LogP) is 6.05. The Morgan fingerprint density at radius 3 is 1.90 bits per heavy atom. The Morgan fingerprint density at radius 1 is 0.897 bits per heavy atom. The van der Waals surface area contributed by atoms with Gasteiger partial charge in [-0.2, -0.15) is 0 Å². The van der Waals surface area contributed by atoms with Crippen LogP contribution in [0.15, 0.2) is 55.0 Å². The lowest BCUT2D eigenvalue weighted by Crippen LogP contribution is -2.50. The number of nitrogens with one attached hydrogen (secondary N) is 1. The highest BCUT2D eigenvalue weighted by Crippen LogP contribution is 2.26. The van der Waals surface area contributed by atoms with Gasteiger partial charge in [-0.15, -0.1) is 0 Å². The van der Waals surface area contributed by atoms with Crippen LogP contribution < -0.4 is 4.72 Å². The van der Waals surface area contributed by atoms with Crippen molar-refractivity contribution in [3.63, 3.8) is 0 Å². The molecule has 6 nitrogen and oxygen atoms in total. The maximum atomic E-state index is 13.9. The van der Waals surface area contributed by atoms with Gasteiger partial charge in [0.2, 0.25) is 0 Å². The lowest BCUT2D eigenvalue weighted by Gasteiger charge is -2.38. The van der Waals surface area contributed by atoms with Crippen LogP contribution in [0, 0.1) is 0 Å². The Kier molecular flexibility index (Phi) is 13.8. The molecule has 0 spiro atoms. The van der Waals surface area contributed by atoms with E-state index >= 15 is 0 Å². The number of hydrogen-bond acceptors (Lipinski definition) is 4. The Hall–Kier alpha value is -1.62. The van der Waals surface area contributed by atoms with Crippen LogP contribution in [-0.2, 0) is 38.0 Å². The maximum absolute atomic E-state index is 13.9. The van der Waals surface area contributed by atoms with Crippen LogP contribution in [0.5, 0.6) is 0 Å². The van der Waals surface area contributed by atoms with Crippen LogP contribution in [0.2, 0.25) is 0 Å². The molecule has 39 heavy (non-hydrogen) atoms. The van der Waals surface area contributed by atoms with Gasteiger partial charge in [-0.25, -0.2) is 26.2 Å². The Bertz CT molecular complexity index is 964. The number of alkyl halides is 2. The standard InChI is InChI=1S/C18H26FNO2S.C11H20FNO2S/c1-18(2,3)23(21)20(14-15-9-5-4-6-10-15)16(13-19)17-11-7-8-12-22-17;1-11(2,3)16(14)13-9(8-12)10-6-4-5-7-15-10/h4-6,8-10,12,16-17H,7,11,13-14H2,1-3H3;5,7,9-10,13H,4,6,8H2,1-3H3/t16-,17+,23-;9-,10+,16-/m11/s1. The van der Waals surface area contributed by atoms with Crippen LogP contribution in [0.4, 0.5) is 8.78 Å². The van der Waals surface area contributed by atoms with Gasteiger partial charge in [0.25, 0.3) is 0 Å². The molecule has 0 bridgehead atoms. The number of halogens is 2. The smallest absolute Gasteiger partial charge is 0.117 e. The second-order valence-corrected chi connectivity index (χ2v) is 15.8. The molecule has 3 rings (SSSR count). The minimum Gasteiger partial charge on any atom is -0.497 e. The molecular weight excluding hydrogens is 542 g/mol. The summed E-state index contributed by atoms with van der Waals surface area (Å²) in [4.78, 5) is 0. The lowest BCUT2D eigenvalue weighted by molar-refractivity contribution is 0.0442. The van der Waals surface area contributed by atoms with Crippen molar-refractivity contribution in [1.82, 2.24) is 9.03 Å². The fourth-order valence-electron chi connectivity index (χ4n) is 3.98. The molecule has 1 aromatic carbocycles. The van der Waals surface area contributed by atoms with Crippen LogP contribution in [0.3, 0.4) is 0 Å². The Labute approximate surface area is 238 Å². The summed E-state index contributed by atoms with van der Waals surface area (Å²) in [6, 6.07) is 8.77. The Balaban J connectivity index is 0.000000293. The van der Waals surface area contributed by atoms with Crippen molar-refractivity contribution >= 4 is 22.0 Å². The van der Waals surface area contributed by atoms with Gasteiger partial charge >= 0.3 is 0 Å². The fraction of sp³-hybridized carbons (Fsp3) is 0.655. The van der Waals surface area contributed by atoms with Gasteiger partial charge in [0, 0.05) is 6.54 Å². The first-order chi connectivity index (χ1) is 18.4. The summed E-state index contributed by atoms with van der Waals surface area (Å²) in [5.41, 5.74) is 1.02. The molecule has 2 heterocycles. The lowest BCUT2D eigenvalue weighted by atomic mass is 10.0. The topological polar surface area (TPSA) is 67.9 Å². The first-order valence-electron chi connectivity index (χ1n) is 13.5. The summed E-state index contributed by atoms with van der Waals surface area (Å²) >= 11 is 0. The number of allylic oxidation sites excluding steroid dienone is 2. The van der Waals surface area contributed by atoms with E-state index in [0.29, 0.717) is 6.54 Å². The molecular formula is C29H46F2N2O4S2. The zero-order valence-corrected chi connectivity index (χ0v) is 25.7. The minimum atomic E-state index is -1.32. The summed E-state index contributed by atoms with van der Waals surface area (Å²) < 4.78 is 66.3. The number of ether oxygens (including phenoxy) is 2. The first kappa shape index (κ1) is 33.6. The van der Waals surface area contributed by atoms with E-state index in [1.807, 2.05) is 84.0 Å². The van der Waals surface area contributed by atoms with Crippen molar-refractivity contribution < 1.29 is 26.7 Å². The van der Waals surface area contributed by atoms with E-state index in [1.54, 1.807) is 16.8 Å². The summed E-state index contributed by atoms with van der Waals surface area (Å²) in [7, 11) is -2.58. The second-order valence-electron chi connectivity index (χ2n) is 11.7. The summed E-state index contributed by atoms with van der Waals surface area (Å²) in [6.45, 7) is 10.6. The number of benzene rings is 1. The molecule has 10 heteroatoms. The van der Waals surface area contributed by atoms with E-state index in [4.69, 9.17) is 9.47 Å². The van der Waals surface area contributed by atoms with Crippen molar-refractivity contribution in [2.24, 2.45) is 0 Å². The molecule has 222 valence electrons. The van der Waals surface area contributed by atoms with Crippen molar-refractivity contribution in [3.05, 3.63) is 60.6 Å². The van der Waals surface area contributed by atoms with Gasteiger partial charge < -0.3 is 9.47 Å². The highest BCUT2D eigenvalue weighted by Gasteiger charge is 2.37.